The monoisotopic (exact) mass is 601 g/mol. The Balaban J connectivity index is 1.56. The summed E-state index contributed by atoms with van der Waals surface area (Å²) in [5.41, 5.74) is 1.00. The molecule has 0 radical (unpaired) electrons. The van der Waals surface area contributed by atoms with Crippen molar-refractivity contribution in [2.45, 2.75) is 37.8 Å². The molecule has 41 heavy (non-hydrogen) atoms. The Kier molecular flexibility index (Phi) is 9.44. The molecule has 0 unspecified atom stereocenters. The number of allylic oxidation sites excluding steroid dienone is 1. The van der Waals surface area contributed by atoms with Gasteiger partial charge in [-0.3, -0.25) is 4.79 Å². The van der Waals surface area contributed by atoms with Gasteiger partial charge in [0, 0.05) is 43.7 Å². The summed E-state index contributed by atoms with van der Waals surface area (Å²) in [6.07, 6.45) is 5.92. The van der Waals surface area contributed by atoms with Crippen LogP contribution < -0.4 is 20.1 Å². The van der Waals surface area contributed by atoms with Gasteiger partial charge in [0.2, 0.25) is 0 Å². The highest BCUT2D eigenvalue weighted by Crippen LogP contribution is 2.45. The van der Waals surface area contributed by atoms with Gasteiger partial charge in [-0.05, 0) is 37.3 Å². The number of ketones is 1. The van der Waals surface area contributed by atoms with Crippen molar-refractivity contribution in [3.05, 3.63) is 41.0 Å². The molecule has 3 aromatic rings. The van der Waals surface area contributed by atoms with E-state index in [1.807, 2.05) is 6.07 Å². The van der Waals surface area contributed by atoms with Crippen LogP contribution in [0.15, 0.2) is 31.0 Å². The molecule has 4 heterocycles. The Morgan fingerprint density at radius 2 is 1.76 bits per heavy atom. The normalized spacial score (nSPS) is 19.5. The van der Waals surface area contributed by atoms with Crippen molar-refractivity contribution in [2.24, 2.45) is 5.92 Å². The molecule has 2 aliphatic heterocycles. The molecule has 2 saturated heterocycles. The quantitative estimate of drug-likeness (QED) is 0.286. The molecule has 2 atom stereocenters. The minimum atomic E-state index is -0.0773. The van der Waals surface area contributed by atoms with Crippen molar-refractivity contribution in [3.63, 3.8) is 0 Å². The molecule has 0 saturated carbocycles. The number of rotatable bonds is 10. The van der Waals surface area contributed by atoms with Crippen molar-refractivity contribution < 1.29 is 23.7 Å². The van der Waals surface area contributed by atoms with E-state index in [1.165, 1.54) is 20.3 Å². The van der Waals surface area contributed by atoms with Gasteiger partial charge in [0.1, 0.15) is 23.1 Å². The number of halogens is 2. The number of carbonyl (C=O) groups is 1. The molecule has 5 rings (SSSR count). The zero-order chi connectivity index (χ0) is 28.9. The van der Waals surface area contributed by atoms with Gasteiger partial charge >= 0.3 is 0 Å². The molecular weight excluding hydrogens is 569 g/mol. The number of carbonyl (C=O) groups excluding carboxylic acids is 1. The second-order valence-electron chi connectivity index (χ2n) is 10.0. The zero-order valence-electron chi connectivity index (χ0n) is 23.0. The van der Waals surface area contributed by atoms with E-state index in [4.69, 9.17) is 52.1 Å². The summed E-state index contributed by atoms with van der Waals surface area (Å²) in [5.74, 6) is 2.47. The summed E-state index contributed by atoms with van der Waals surface area (Å²) in [7, 11) is 3.04. The first-order valence-electron chi connectivity index (χ1n) is 13.5. The number of pyridine rings is 1. The number of anilines is 2. The highest BCUT2D eigenvalue weighted by atomic mass is 35.5. The molecule has 10 nitrogen and oxygen atoms in total. The Morgan fingerprint density at radius 1 is 1.05 bits per heavy atom. The number of methoxy groups -OCH3 is 2. The molecule has 0 aliphatic carbocycles. The lowest BCUT2D eigenvalue weighted by molar-refractivity contribution is -0.116. The standard InChI is InChI=1S/C29H33Cl2N5O5/c1-4-18(37)11-16-5-8-41-15-21(16)34-24-12-19-20(14-32-24)35-29(36-28(19)33-17-6-9-40-10-7-17)25-26(30)22(38-2)13-23(39-3)27(25)31/h4,12-14,16-17,21H,1,5-11,15H2,2-3H3,(H,32,34)(H,33,35,36)/t16-,21-/m1/s1. The third-order valence-corrected chi connectivity index (χ3v) is 8.22. The maximum absolute atomic E-state index is 12.1. The van der Waals surface area contributed by atoms with E-state index in [9.17, 15) is 4.79 Å². The van der Waals surface area contributed by atoms with Crippen molar-refractivity contribution in [3.8, 4) is 22.9 Å². The number of ether oxygens (including phenoxy) is 4. The van der Waals surface area contributed by atoms with Crippen LogP contribution in [0.4, 0.5) is 11.6 Å². The van der Waals surface area contributed by atoms with E-state index < -0.39 is 0 Å². The van der Waals surface area contributed by atoms with Gasteiger partial charge in [-0.2, -0.15) is 0 Å². The third-order valence-electron chi connectivity index (χ3n) is 7.47. The SMILES string of the molecule is C=CC(=O)C[C@H]1CCOC[C@H]1Nc1cc2c(NC3CCOCC3)nc(-c3c(Cl)c(OC)cc(OC)c3Cl)nc2cn1. The summed E-state index contributed by atoms with van der Waals surface area (Å²) < 4.78 is 22.2. The van der Waals surface area contributed by atoms with E-state index in [-0.39, 0.29) is 33.8 Å². The first-order valence-corrected chi connectivity index (χ1v) is 14.3. The molecule has 2 aliphatic rings. The number of aromatic nitrogens is 3. The van der Waals surface area contributed by atoms with E-state index in [1.54, 1.807) is 12.3 Å². The summed E-state index contributed by atoms with van der Waals surface area (Å²) in [4.78, 5) is 26.4. The molecule has 1 aromatic carbocycles. The van der Waals surface area contributed by atoms with E-state index >= 15 is 0 Å². The lowest BCUT2D eigenvalue weighted by Crippen LogP contribution is -2.39. The largest absolute Gasteiger partial charge is 0.495 e. The molecule has 0 spiro atoms. The minimum absolute atomic E-state index is 0.0190. The molecule has 218 valence electrons. The maximum Gasteiger partial charge on any atom is 0.165 e. The Hall–Kier alpha value is -3.18. The molecule has 2 fully saturated rings. The Bertz CT molecular complexity index is 1400. The predicted octanol–water partition coefficient (Wildman–Crippen LogP) is 5.57. The van der Waals surface area contributed by atoms with E-state index in [2.05, 4.69) is 22.2 Å². The van der Waals surface area contributed by atoms with Crippen molar-refractivity contribution in [1.29, 1.82) is 0 Å². The first-order chi connectivity index (χ1) is 19.9. The average Bonchev–Trinajstić information content (AvgIpc) is 2.99. The number of nitrogens with zero attached hydrogens (tertiary/aromatic N) is 3. The number of fused-ring (bicyclic) bond motifs is 1. The molecule has 0 bridgehead atoms. The van der Waals surface area contributed by atoms with Gasteiger partial charge in [0.15, 0.2) is 11.6 Å². The van der Waals surface area contributed by atoms with Crippen molar-refractivity contribution >= 4 is 51.5 Å². The van der Waals surface area contributed by atoms with Crippen molar-refractivity contribution in [2.75, 3.05) is 51.3 Å². The summed E-state index contributed by atoms with van der Waals surface area (Å²) in [6, 6.07) is 3.62. The molecule has 0 amide bonds. The molecule has 2 N–H and O–H groups in total. The summed E-state index contributed by atoms with van der Waals surface area (Å²) in [6.45, 7) is 6.04. The molecule has 12 heteroatoms. The second-order valence-corrected chi connectivity index (χ2v) is 10.8. The van der Waals surface area contributed by atoms with Gasteiger partial charge in [0.25, 0.3) is 0 Å². The lowest BCUT2D eigenvalue weighted by Gasteiger charge is -2.32. The van der Waals surface area contributed by atoms with Crippen molar-refractivity contribution in [1.82, 2.24) is 15.0 Å². The van der Waals surface area contributed by atoms with Gasteiger partial charge in [0.05, 0.1) is 54.2 Å². The smallest absolute Gasteiger partial charge is 0.165 e. The number of nitrogens with one attached hydrogen (secondary N) is 2. The lowest BCUT2D eigenvalue weighted by atomic mass is 9.89. The zero-order valence-corrected chi connectivity index (χ0v) is 24.6. The third kappa shape index (κ3) is 6.51. The highest BCUT2D eigenvalue weighted by Gasteiger charge is 2.28. The molecular formula is C29H33Cl2N5O5. The Labute approximate surface area is 248 Å². The fourth-order valence-electron chi connectivity index (χ4n) is 5.17. The fraction of sp³-hybridized carbons (Fsp3) is 0.448. The van der Waals surface area contributed by atoms with E-state index in [0.717, 1.165) is 24.6 Å². The van der Waals surface area contributed by atoms with Crippen LogP contribution >= 0.6 is 23.2 Å². The summed E-state index contributed by atoms with van der Waals surface area (Å²) >= 11 is 13.4. The van der Waals surface area contributed by atoms with Gasteiger partial charge < -0.3 is 29.6 Å². The van der Waals surface area contributed by atoms with Crippen LogP contribution in [0.1, 0.15) is 25.7 Å². The Morgan fingerprint density at radius 3 is 2.44 bits per heavy atom. The van der Waals surface area contributed by atoms with Crippen LogP contribution in [0.2, 0.25) is 10.0 Å². The maximum atomic E-state index is 12.1. The first kappa shape index (κ1) is 29.3. The van der Waals surface area contributed by atoms with Gasteiger partial charge in [-0.15, -0.1) is 0 Å². The van der Waals surface area contributed by atoms with Crippen LogP contribution in [0.25, 0.3) is 22.3 Å². The van der Waals surface area contributed by atoms with Crippen LogP contribution in [-0.2, 0) is 14.3 Å². The number of hydrogen-bond donors (Lipinski definition) is 2. The van der Waals surface area contributed by atoms with Crippen LogP contribution in [0.3, 0.4) is 0 Å². The predicted molar refractivity (Wildman–Crippen MR) is 160 cm³/mol. The average molecular weight is 603 g/mol. The topological polar surface area (TPSA) is 117 Å². The fourth-order valence-corrected chi connectivity index (χ4v) is 5.84. The van der Waals surface area contributed by atoms with E-state index in [0.29, 0.717) is 72.9 Å². The van der Waals surface area contributed by atoms with Crippen LogP contribution in [-0.4, -0.2) is 73.5 Å². The van der Waals surface area contributed by atoms with Gasteiger partial charge in [-0.25, -0.2) is 15.0 Å². The van der Waals surface area contributed by atoms with Crippen LogP contribution in [0, 0.1) is 5.92 Å². The van der Waals surface area contributed by atoms with Crippen LogP contribution in [0.5, 0.6) is 11.5 Å². The van der Waals surface area contributed by atoms with Gasteiger partial charge in [-0.1, -0.05) is 29.8 Å². The summed E-state index contributed by atoms with van der Waals surface area (Å²) in [5, 5.41) is 8.39. The second kappa shape index (κ2) is 13.2. The number of hydrogen-bond acceptors (Lipinski definition) is 10. The highest BCUT2D eigenvalue weighted by molar-refractivity contribution is 6.41. The number of benzene rings is 1. The minimum Gasteiger partial charge on any atom is -0.495 e. The molecule has 2 aromatic heterocycles.